The lowest BCUT2D eigenvalue weighted by molar-refractivity contribution is -0.143. The molecule has 0 aliphatic carbocycles. The van der Waals surface area contributed by atoms with Gasteiger partial charge < -0.3 is 16.6 Å². The number of carboxylic acids is 1. The number of hydrogen-bond acceptors (Lipinski definition) is 3. The van der Waals surface area contributed by atoms with E-state index < -0.39 is 12.0 Å². The van der Waals surface area contributed by atoms with Crippen LogP contribution in [0, 0.1) is 0 Å². The van der Waals surface area contributed by atoms with Gasteiger partial charge in [0.15, 0.2) is 5.96 Å². The number of hydrogen-bond donors (Lipinski definition) is 3. The van der Waals surface area contributed by atoms with E-state index in [-0.39, 0.29) is 30.8 Å². The third-order valence-electron chi connectivity index (χ3n) is 2.47. The SMILES string of the molecule is CCN(CC)[C@@H](CCCN=C(N)N)C(=O)O.Cl.Cl. The zero-order chi connectivity index (χ0) is 12.6. The summed E-state index contributed by atoms with van der Waals surface area (Å²) in [6.45, 7) is 5.85. The Hall–Kier alpha value is -0.720. The smallest absolute Gasteiger partial charge is 0.320 e. The van der Waals surface area contributed by atoms with Crippen LogP contribution >= 0.6 is 24.8 Å². The summed E-state index contributed by atoms with van der Waals surface area (Å²) in [4.78, 5) is 16.8. The Morgan fingerprint density at radius 1 is 1.28 bits per heavy atom. The lowest BCUT2D eigenvalue weighted by Gasteiger charge is -2.25. The zero-order valence-corrected chi connectivity index (χ0v) is 12.5. The molecule has 6 nitrogen and oxygen atoms in total. The molecule has 5 N–H and O–H groups in total. The van der Waals surface area contributed by atoms with Crippen LogP contribution < -0.4 is 11.5 Å². The average molecular weight is 303 g/mol. The van der Waals surface area contributed by atoms with Crippen LogP contribution in [0.1, 0.15) is 26.7 Å². The van der Waals surface area contributed by atoms with Crippen LogP contribution in [0.4, 0.5) is 0 Å². The summed E-state index contributed by atoms with van der Waals surface area (Å²) in [5.74, 6) is -0.733. The van der Waals surface area contributed by atoms with Gasteiger partial charge in [-0.1, -0.05) is 13.8 Å². The first-order valence-corrected chi connectivity index (χ1v) is 5.55. The normalized spacial score (nSPS) is 11.1. The van der Waals surface area contributed by atoms with E-state index in [4.69, 9.17) is 16.6 Å². The van der Waals surface area contributed by atoms with E-state index in [1.54, 1.807) is 0 Å². The molecule has 0 bridgehead atoms. The van der Waals surface area contributed by atoms with Crippen molar-refractivity contribution >= 4 is 36.7 Å². The number of aliphatic carboxylic acids is 1. The first-order chi connectivity index (χ1) is 7.52. The van der Waals surface area contributed by atoms with E-state index in [1.165, 1.54) is 0 Å². The number of likely N-dealkylation sites (N-methyl/N-ethyl adjacent to an activating group) is 1. The van der Waals surface area contributed by atoms with Gasteiger partial charge in [0, 0.05) is 6.54 Å². The van der Waals surface area contributed by atoms with E-state index in [0.717, 1.165) is 13.1 Å². The van der Waals surface area contributed by atoms with Gasteiger partial charge in [-0.05, 0) is 25.9 Å². The summed E-state index contributed by atoms with van der Waals surface area (Å²) in [5, 5.41) is 9.09. The van der Waals surface area contributed by atoms with Crippen LogP contribution in [0.3, 0.4) is 0 Å². The Morgan fingerprint density at radius 2 is 1.78 bits per heavy atom. The quantitative estimate of drug-likeness (QED) is 0.347. The Balaban J connectivity index is -0.00000112. The summed E-state index contributed by atoms with van der Waals surface area (Å²) < 4.78 is 0. The molecule has 0 fully saturated rings. The van der Waals surface area contributed by atoms with Gasteiger partial charge >= 0.3 is 5.97 Å². The third-order valence-corrected chi connectivity index (χ3v) is 2.47. The van der Waals surface area contributed by atoms with Crippen molar-refractivity contribution in [2.45, 2.75) is 32.7 Å². The fourth-order valence-corrected chi connectivity index (χ4v) is 1.62. The first-order valence-electron chi connectivity index (χ1n) is 5.55. The van der Waals surface area contributed by atoms with Crippen LogP contribution in [0.2, 0.25) is 0 Å². The maximum absolute atomic E-state index is 11.1. The summed E-state index contributed by atoms with van der Waals surface area (Å²) in [7, 11) is 0. The van der Waals surface area contributed by atoms with Crippen LogP contribution in [0.5, 0.6) is 0 Å². The number of halogens is 2. The summed E-state index contributed by atoms with van der Waals surface area (Å²) >= 11 is 0. The molecule has 8 heteroatoms. The molecule has 0 saturated heterocycles. The molecular weight excluding hydrogens is 279 g/mol. The van der Waals surface area contributed by atoms with Crippen molar-refractivity contribution in [3.8, 4) is 0 Å². The van der Waals surface area contributed by atoms with Crippen LogP contribution in [0.25, 0.3) is 0 Å². The van der Waals surface area contributed by atoms with E-state index in [2.05, 4.69) is 4.99 Å². The first kappa shape index (κ1) is 22.5. The lowest BCUT2D eigenvalue weighted by atomic mass is 10.1. The number of guanidine groups is 1. The molecule has 18 heavy (non-hydrogen) atoms. The molecule has 0 aromatic heterocycles. The van der Waals surface area contributed by atoms with Crippen molar-refractivity contribution in [1.82, 2.24) is 4.90 Å². The summed E-state index contributed by atoms with van der Waals surface area (Å²) in [5.41, 5.74) is 10.4. The molecule has 0 rings (SSSR count). The van der Waals surface area contributed by atoms with Crippen molar-refractivity contribution < 1.29 is 9.90 Å². The van der Waals surface area contributed by atoms with Crippen LogP contribution in [-0.4, -0.2) is 47.6 Å². The molecular formula is C10H24Cl2N4O2. The monoisotopic (exact) mass is 302 g/mol. The van der Waals surface area contributed by atoms with Crippen LogP contribution in [0.15, 0.2) is 4.99 Å². The summed E-state index contributed by atoms with van der Waals surface area (Å²) in [6.07, 6.45) is 1.24. The second kappa shape index (κ2) is 12.7. The van der Waals surface area contributed by atoms with Crippen molar-refractivity contribution in [3.05, 3.63) is 0 Å². The third kappa shape index (κ3) is 9.32. The van der Waals surface area contributed by atoms with E-state index in [0.29, 0.717) is 19.4 Å². The fraction of sp³-hybridized carbons (Fsp3) is 0.800. The number of carbonyl (C=O) groups is 1. The van der Waals surface area contributed by atoms with Gasteiger partial charge in [-0.15, -0.1) is 24.8 Å². The van der Waals surface area contributed by atoms with Gasteiger partial charge in [0.05, 0.1) is 0 Å². The second-order valence-electron chi connectivity index (χ2n) is 3.52. The molecule has 0 aliphatic rings. The molecule has 110 valence electrons. The highest BCUT2D eigenvalue weighted by atomic mass is 35.5. The molecule has 0 aliphatic heterocycles. The molecule has 0 aromatic carbocycles. The predicted molar refractivity (Wildman–Crippen MR) is 78.8 cm³/mol. The largest absolute Gasteiger partial charge is 0.480 e. The average Bonchev–Trinajstić information content (AvgIpc) is 2.22. The molecule has 0 unspecified atom stereocenters. The fourth-order valence-electron chi connectivity index (χ4n) is 1.62. The molecule has 0 amide bonds. The van der Waals surface area contributed by atoms with E-state index in [9.17, 15) is 4.79 Å². The van der Waals surface area contributed by atoms with E-state index in [1.807, 2.05) is 18.7 Å². The van der Waals surface area contributed by atoms with E-state index >= 15 is 0 Å². The molecule has 0 aromatic rings. The Kier molecular flexibility index (Phi) is 15.9. The molecule has 0 heterocycles. The van der Waals surface area contributed by atoms with Crippen molar-refractivity contribution in [2.24, 2.45) is 16.5 Å². The predicted octanol–water partition coefficient (Wildman–Crippen LogP) is 0.679. The van der Waals surface area contributed by atoms with Crippen molar-refractivity contribution in [2.75, 3.05) is 19.6 Å². The maximum atomic E-state index is 11.1. The topological polar surface area (TPSA) is 105 Å². The zero-order valence-electron chi connectivity index (χ0n) is 10.8. The highest BCUT2D eigenvalue weighted by Gasteiger charge is 2.22. The number of nitrogens with two attached hydrogens (primary N) is 2. The highest BCUT2D eigenvalue weighted by Crippen LogP contribution is 2.07. The molecule has 0 saturated carbocycles. The number of carboxylic acid groups (broad SMARTS) is 1. The Bertz CT molecular complexity index is 244. The Labute approximate surface area is 121 Å². The van der Waals surface area contributed by atoms with Gasteiger partial charge in [-0.25, -0.2) is 0 Å². The molecule has 0 radical (unpaired) electrons. The number of aliphatic imine (C=N–C) groups is 1. The minimum atomic E-state index is -0.784. The minimum Gasteiger partial charge on any atom is -0.480 e. The second-order valence-corrected chi connectivity index (χ2v) is 3.52. The van der Waals surface area contributed by atoms with Crippen molar-refractivity contribution in [3.63, 3.8) is 0 Å². The minimum absolute atomic E-state index is 0. The Morgan fingerprint density at radius 3 is 2.11 bits per heavy atom. The van der Waals surface area contributed by atoms with Crippen molar-refractivity contribution in [1.29, 1.82) is 0 Å². The van der Waals surface area contributed by atoms with Crippen LogP contribution in [-0.2, 0) is 4.79 Å². The lowest BCUT2D eigenvalue weighted by Crippen LogP contribution is -2.41. The maximum Gasteiger partial charge on any atom is 0.320 e. The standard InChI is InChI=1S/C10H22N4O2.2ClH/c1-3-14(4-2)8(9(15)16)6-5-7-13-10(11)12;;/h8H,3-7H2,1-2H3,(H,15,16)(H4,11,12,13);2*1H/t8-;;/m0../s1. The molecule has 1 atom stereocenters. The molecule has 0 spiro atoms. The number of rotatable bonds is 8. The van der Waals surface area contributed by atoms with Gasteiger partial charge in [-0.2, -0.15) is 0 Å². The van der Waals surface area contributed by atoms with Gasteiger partial charge in [0.2, 0.25) is 0 Å². The van der Waals surface area contributed by atoms with Gasteiger partial charge in [0.1, 0.15) is 6.04 Å². The highest BCUT2D eigenvalue weighted by molar-refractivity contribution is 5.85. The summed E-state index contributed by atoms with van der Waals surface area (Å²) in [6, 6.07) is -0.441. The number of nitrogens with zero attached hydrogens (tertiary/aromatic N) is 2. The van der Waals surface area contributed by atoms with Gasteiger partial charge in [-0.3, -0.25) is 14.7 Å². The van der Waals surface area contributed by atoms with Gasteiger partial charge in [0.25, 0.3) is 0 Å².